The molecule has 3 rings (SSSR count). The molecule has 29 heavy (non-hydrogen) atoms. The van der Waals surface area contributed by atoms with E-state index in [1.165, 1.54) is 6.07 Å². The van der Waals surface area contributed by atoms with Gasteiger partial charge >= 0.3 is 11.9 Å². The first kappa shape index (κ1) is 20.5. The first-order valence-electron chi connectivity index (χ1n) is 9.75. The van der Waals surface area contributed by atoms with Gasteiger partial charge in [0.2, 0.25) is 0 Å². The van der Waals surface area contributed by atoms with E-state index in [-0.39, 0.29) is 25.4 Å². The molecular weight excluding hydrogens is 370 g/mol. The second kappa shape index (κ2) is 9.28. The number of hydrogen-bond donors (Lipinski definition) is 1. The molecule has 0 amide bonds. The summed E-state index contributed by atoms with van der Waals surface area (Å²) in [6.07, 6.45) is 0.676. The van der Waals surface area contributed by atoms with E-state index in [4.69, 9.17) is 9.47 Å². The Hall–Kier alpha value is -3.28. The van der Waals surface area contributed by atoms with Crippen molar-refractivity contribution in [3.8, 4) is 5.75 Å². The number of aromatic nitrogens is 1. The molecule has 0 fully saturated rings. The van der Waals surface area contributed by atoms with Crippen molar-refractivity contribution in [3.05, 3.63) is 65.4 Å². The molecule has 3 aromatic rings. The molecule has 6 heteroatoms. The number of fused-ring (bicyclic) bond motifs is 1. The Balaban J connectivity index is 2.12. The van der Waals surface area contributed by atoms with E-state index >= 15 is 0 Å². The van der Waals surface area contributed by atoms with Crippen LogP contribution >= 0.6 is 0 Å². The van der Waals surface area contributed by atoms with Gasteiger partial charge in [0.15, 0.2) is 0 Å². The van der Waals surface area contributed by atoms with E-state index in [2.05, 4.69) is 0 Å². The standard InChI is InChI=1S/C23H25NO5/c1-3-28-21(26)15-20-22(23(27)29-4-2)18-14-17(25)10-11-19(18)24(20)13-12-16-8-6-5-7-9-16/h5-11,14,25H,3-4,12-13,15H2,1-2H3. The van der Waals surface area contributed by atoms with Gasteiger partial charge in [-0.15, -0.1) is 0 Å². The molecule has 0 aliphatic carbocycles. The fourth-order valence-corrected chi connectivity index (χ4v) is 3.50. The lowest BCUT2D eigenvalue weighted by Crippen LogP contribution is -2.16. The van der Waals surface area contributed by atoms with Crippen LogP contribution < -0.4 is 0 Å². The van der Waals surface area contributed by atoms with Crippen molar-refractivity contribution in [1.82, 2.24) is 4.57 Å². The van der Waals surface area contributed by atoms with E-state index in [1.807, 2.05) is 34.9 Å². The number of phenolic OH excluding ortho intramolecular Hbond substituents is 1. The van der Waals surface area contributed by atoms with Gasteiger partial charge < -0.3 is 19.1 Å². The molecule has 1 aromatic heterocycles. The number of benzene rings is 2. The van der Waals surface area contributed by atoms with Crippen LogP contribution in [-0.4, -0.2) is 34.8 Å². The van der Waals surface area contributed by atoms with E-state index < -0.39 is 11.9 Å². The SMILES string of the molecule is CCOC(=O)Cc1c(C(=O)OCC)c2cc(O)ccc2n1CCc1ccccc1. The second-order valence-corrected chi connectivity index (χ2v) is 6.61. The van der Waals surface area contributed by atoms with Crippen LogP contribution in [-0.2, 0) is 33.7 Å². The minimum Gasteiger partial charge on any atom is -0.508 e. The quantitative estimate of drug-likeness (QED) is 0.586. The summed E-state index contributed by atoms with van der Waals surface area (Å²) >= 11 is 0. The number of hydrogen-bond acceptors (Lipinski definition) is 5. The molecule has 0 aliphatic rings. The maximum absolute atomic E-state index is 12.7. The maximum atomic E-state index is 12.7. The van der Waals surface area contributed by atoms with Crippen molar-refractivity contribution < 1.29 is 24.2 Å². The molecule has 0 atom stereocenters. The number of esters is 2. The normalized spacial score (nSPS) is 10.8. The lowest BCUT2D eigenvalue weighted by molar-refractivity contribution is -0.142. The highest BCUT2D eigenvalue weighted by molar-refractivity contribution is 6.07. The minimum atomic E-state index is -0.513. The highest BCUT2D eigenvalue weighted by Crippen LogP contribution is 2.31. The molecule has 0 aliphatic heterocycles. The molecule has 0 saturated heterocycles. The third-order valence-corrected chi connectivity index (χ3v) is 4.72. The molecule has 1 N–H and O–H groups in total. The summed E-state index contributed by atoms with van der Waals surface area (Å²) in [7, 11) is 0. The average molecular weight is 395 g/mol. The van der Waals surface area contributed by atoms with Crippen LogP contribution in [0.2, 0.25) is 0 Å². The van der Waals surface area contributed by atoms with E-state index in [0.29, 0.717) is 23.2 Å². The van der Waals surface area contributed by atoms with Crippen LogP contribution in [0.5, 0.6) is 5.75 Å². The Bertz CT molecular complexity index is 1010. The Kier molecular flexibility index (Phi) is 6.54. The van der Waals surface area contributed by atoms with Crippen molar-refractivity contribution in [3.63, 3.8) is 0 Å². The maximum Gasteiger partial charge on any atom is 0.340 e. The van der Waals surface area contributed by atoms with E-state index in [1.54, 1.807) is 26.0 Å². The molecule has 0 unspecified atom stereocenters. The Morgan fingerprint density at radius 3 is 2.41 bits per heavy atom. The molecule has 152 valence electrons. The molecule has 6 nitrogen and oxygen atoms in total. The van der Waals surface area contributed by atoms with Crippen LogP contribution in [0.25, 0.3) is 10.9 Å². The zero-order valence-electron chi connectivity index (χ0n) is 16.7. The Labute approximate surface area is 169 Å². The average Bonchev–Trinajstić information content (AvgIpc) is 2.99. The molecule has 0 bridgehead atoms. The third-order valence-electron chi connectivity index (χ3n) is 4.72. The molecule has 1 heterocycles. The predicted octanol–water partition coefficient (Wildman–Crippen LogP) is 3.87. The van der Waals surface area contributed by atoms with Crippen molar-refractivity contribution in [2.75, 3.05) is 13.2 Å². The fourth-order valence-electron chi connectivity index (χ4n) is 3.50. The monoisotopic (exact) mass is 395 g/mol. The Morgan fingerprint density at radius 2 is 1.72 bits per heavy atom. The largest absolute Gasteiger partial charge is 0.508 e. The predicted molar refractivity (Wildman–Crippen MR) is 110 cm³/mol. The van der Waals surface area contributed by atoms with Gasteiger partial charge in [0.25, 0.3) is 0 Å². The van der Waals surface area contributed by atoms with E-state index in [9.17, 15) is 14.7 Å². The number of aryl methyl sites for hydroxylation is 2. The lowest BCUT2D eigenvalue weighted by Gasteiger charge is -2.12. The lowest BCUT2D eigenvalue weighted by atomic mass is 10.1. The van der Waals surface area contributed by atoms with Crippen LogP contribution in [0.15, 0.2) is 48.5 Å². The fraction of sp³-hybridized carbons (Fsp3) is 0.304. The Morgan fingerprint density at radius 1 is 1.00 bits per heavy atom. The topological polar surface area (TPSA) is 77.8 Å². The van der Waals surface area contributed by atoms with Gasteiger partial charge in [-0.2, -0.15) is 0 Å². The van der Waals surface area contributed by atoms with Crippen LogP contribution in [0, 0.1) is 0 Å². The highest BCUT2D eigenvalue weighted by Gasteiger charge is 2.26. The van der Waals surface area contributed by atoms with Crippen molar-refractivity contribution >= 4 is 22.8 Å². The number of rotatable bonds is 8. The van der Waals surface area contributed by atoms with Gasteiger partial charge in [-0.25, -0.2) is 4.79 Å². The molecular formula is C23H25NO5. The summed E-state index contributed by atoms with van der Waals surface area (Å²) < 4.78 is 12.3. The summed E-state index contributed by atoms with van der Waals surface area (Å²) in [5.41, 5.74) is 2.76. The van der Waals surface area contributed by atoms with Crippen LogP contribution in [0.3, 0.4) is 0 Å². The summed E-state index contributed by atoms with van der Waals surface area (Å²) in [5.74, 6) is -0.877. The van der Waals surface area contributed by atoms with Gasteiger partial charge in [0.1, 0.15) is 5.75 Å². The summed E-state index contributed by atoms with van der Waals surface area (Å²) in [6, 6.07) is 14.9. The first-order chi connectivity index (χ1) is 14.0. The minimum absolute atomic E-state index is 0.0472. The van der Waals surface area contributed by atoms with Crippen molar-refractivity contribution in [2.45, 2.75) is 33.2 Å². The van der Waals surface area contributed by atoms with Gasteiger partial charge in [-0.1, -0.05) is 30.3 Å². The zero-order valence-corrected chi connectivity index (χ0v) is 16.7. The molecule has 0 saturated carbocycles. The van der Waals surface area contributed by atoms with Crippen molar-refractivity contribution in [2.24, 2.45) is 0 Å². The molecule has 0 spiro atoms. The number of ether oxygens (including phenoxy) is 2. The summed E-state index contributed by atoms with van der Waals surface area (Å²) in [5, 5.41) is 10.6. The van der Waals surface area contributed by atoms with Crippen molar-refractivity contribution in [1.29, 1.82) is 0 Å². The summed E-state index contributed by atoms with van der Waals surface area (Å²) in [6.45, 7) is 4.52. The number of carbonyl (C=O) groups is 2. The zero-order chi connectivity index (χ0) is 20.8. The number of aromatic hydroxyl groups is 1. The smallest absolute Gasteiger partial charge is 0.340 e. The van der Waals surface area contributed by atoms with Gasteiger partial charge in [-0.3, -0.25) is 4.79 Å². The number of carbonyl (C=O) groups excluding carboxylic acids is 2. The third kappa shape index (κ3) is 4.59. The van der Waals surface area contributed by atoms with Gasteiger partial charge in [-0.05, 0) is 44.0 Å². The summed E-state index contributed by atoms with van der Waals surface area (Å²) in [4.78, 5) is 25.0. The van der Waals surface area contributed by atoms with E-state index in [0.717, 1.165) is 17.5 Å². The number of phenols is 1. The van der Waals surface area contributed by atoms with Gasteiger partial charge in [0, 0.05) is 23.1 Å². The van der Waals surface area contributed by atoms with Crippen LogP contribution in [0.1, 0.15) is 35.5 Å². The number of nitrogens with zero attached hydrogens (tertiary/aromatic N) is 1. The van der Waals surface area contributed by atoms with Gasteiger partial charge in [0.05, 0.1) is 25.2 Å². The highest BCUT2D eigenvalue weighted by atomic mass is 16.5. The van der Waals surface area contributed by atoms with Crippen LogP contribution in [0.4, 0.5) is 0 Å². The molecule has 0 radical (unpaired) electrons. The molecule has 2 aromatic carbocycles. The second-order valence-electron chi connectivity index (χ2n) is 6.61. The first-order valence-corrected chi connectivity index (χ1v) is 9.75.